The van der Waals surface area contributed by atoms with E-state index in [1.54, 1.807) is 6.92 Å². The van der Waals surface area contributed by atoms with Crippen LogP contribution in [0.3, 0.4) is 0 Å². The monoisotopic (exact) mass is 287 g/mol. The topological polar surface area (TPSA) is 93.4 Å². The van der Waals surface area contributed by atoms with Crippen molar-refractivity contribution in [2.24, 2.45) is 23.5 Å². The number of amides is 2. The first-order chi connectivity index (χ1) is 9.40. The van der Waals surface area contributed by atoms with Crippen molar-refractivity contribution in [3.05, 3.63) is 0 Å². The number of hydrogen-bond donors (Lipinski definition) is 3. The van der Waals surface area contributed by atoms with E-state index >= 15 is 0 Å². The normalized spacial score (nSPS) is 15.1. The minimum Gasteiger partial charge on any atom is -0.469 e. The molecule has 4 N–H and O–H groups in total. The summed E-state index contributed by atoms with van der Waals surface area (Å²) in [5, 5.41) is 5.44. The van der Waals surface area contributed by atoms with E-state index in [1.807, 2.05) is 0 Å². The summed E-state index contributed by atoms with van der Waals surface area (Å²) in [5.41, 5.74) is 5.58. The van der Waals surface area contributed by atoms with Crippen LogP contribution < -0.4 is 16.4 Å². The van der Waals surface area contributed by atoms with Gasteiger partial charge in [-0.2, -0.15) is 0 Å². The van der Waals surface area contributed by atoms with Gasteiger partial charge in [-0.15, -0.1) is 0 Å². The fraction of sp³-hybridized carbons (Fsp3) is 0.857. The maximum atomic E-state index is 11.5. The molecule has 0 saturated heterocycles. The molecule has 3 atom stereocenters. The van der Waals surface area contributed by atoms with Crippen LogP contribution in [0.2, 0.25) is 0 Å². The fourth-order valence-corrected chi connectivity index (χ4v) is 1.93. The van der Waals surface area contributed by atoms with E-state index in [9.17, 15) is 9.59 Å². The second-order valence-corrected chi connectivity index (χ2v) is 5.53. The number of nitrogens with one attached hydrogen (secondary N) is 2. The fourth-order valence-electron chi connectivity index (χ4n) is 1.93. The van der Waals surface area contributed by atoms with Gasteiger partial charge in [0.2, 0.25) is 0 Å². The Bertz CT molecular complexity index is 297. The number of methoxy groups -OCH3 is 1. The van der Waals surface area contributed by atoms with Crippen LogP contribution in [0.5, 0.6) is 0 Å². The van der Waals surface area contributed by atoms with Crippen molar-refractivity contribution in [1.82, 2.24) is 10.6 Å². The standard InChI is InChI=1S/C14H29N3O3/c1-10(7-11(2)8-15)5-6-16-14(19)17-9-12(3)13(18)20-4/h10-12H,5-9,15H2,1-4H3,(H2,16,17,19)/t10?,11?,12-/m0/s1. The summed E-state index contributed by atoms with van der Waals surface area (Å²) in [6.07, 6.45) is 1.99. The van der Waals surface area contributed by atoms with E-state index in [2.05, 4.69) is 29.2 Å². The van der Waals surface area contributed by atoms with Gasteiger partial charge in [-0.3, -0.25) is 4.79 Å². The average Bonchev–Trinajstić information content (AvgIpc) is 2.43. The molecule has 0 aromatic heterocycles. The van der Waals surface area contributed by atoms with Crippen molar-refractivity contribution in [2.45, 2.75) is 33.6 Å². The Kier molecular flexibility index (Phi) is 9.80. The molecule has 0 aliphatic carbocycles. The Morgan fingerprint density at radius 1 is 1.15 bits per heavy atom. The number of urea groups is 1. The van der Waals surface area contributed by atoms with Crippen LogP contribution in [-0.2, 0) is 9.53 Å². The molecule has 118 valence electrons. The minimum absolute atomic E-state index is 0.250. The summed E-state index contributed by atoms with van der Waals surface area (Å²) < 4.78 is 4.58. The number of carbonyl (C=O) groups is 2. The third kappa shape index (κ3) is 8.74. The van der Waals surface area contributed by atoms with Crippen molar-refractivity contribution in [1.29, 1.82) is 0 Å². The van der Waals surface area contributed by atoms with E-state index in [0.29, 0.717) is 24.9 Å². The molecule has 20 heavy (non-hydrogen) atoms. The van der Waals surface area contributed by atoms with Crippen LogP contribution in [0.1, 0.15) is 33.6 Å². The highest BCUT2D eigenvalue weighted by Crippen LogP contribution is 2.13. The summed E-state index contributed by atoms with van der Waals surface area (Å²) in [4.78, 5) is 22.7. The highest BCUT2D eigenvalue weighted by Gasteiger charge is 2.14. The Labute approximate surface area is 121 Å². The molecule has 0 saturated carbocycles. The number of carbonyl (C=O) groups excluding carboxylic acids is 2. The molecule has 0 bridgehead atoms. The number of ether oxygens (including phenoxy) is 1. The Morgan fingerprint density at radius 3 is 2.35 bits per heavy atom. The van der Waals surface area contributed by atoms with Crippen molar-refractivity contribution < 1.29 is 14.3 Å². The lowest BCUT2D eigenvalue weighted by molar-refractivity contribution is -0.144. The molecule has 2 amide bonds. The highest BCUT2D eigenvalue weighted by molar-refractivity contribution is 5.76. The van der Waals surface area contributed by atoms with Gasteiger partial charge in [0.15, 0.2) is 0 Å². The lowest BCUT2D eigenvalue weighted by atomic mass is 9.95. The van der Waals surface area contributed by atoms with Gasteiger partial charge >= 0.3 is 12.0 Å². The lowest BCUT2D eigenvalue weighted by Crippen LogP contribution is -2.40. The third-order valence-electron chi connectivity index (χ3n) is 3.30. The molecule has 2 unspecified atom stereocenters. The second kappa shape index (κ2) is 10.5. The maximum Gasteiger partial charge on any atom is 0.314 e. The van der Waals surface area contributed by atoms with E-state index in [-0.39, 0.29) is 24.5 Å². The highest BCUT2D eigenvalue weighted by atomic mass is 16.5. The largest absolute Gasteiger partial charge is 0.469 e. The van der Waals surface area contributed by atoms with Gasteiger partial charge < -0.3 is 21.1 Å². The van der Waals surface area contributed by atoms with Crippen molar-refractivity contribution in [2.75, 3.05) is 26.7 Å². The zero-order valence-corrected chi connectivity index (χ0v) is 13.1. The molecular weight excluding hydrogens is 258 g/mol. The third-order valence-corrected chi connectivity index (χ3v) is 3.30. The first-order valence-corrected chi connectivity index (χ1v) is 7.20. The van der Waals surface area contributed by atoms with Gasteiger partial charge in [-0.25, -0.2) is 4.79 Å². The maximum absolute atomic E-state index is 11.5. The van der Waals surface area contributed by atoms with Gasteiger partial charge in [0.25, 0.3) is 0 Å². The zero-order chi connectivity index (χ0) is 15.5. The van der Waals surface area contributed by atoms with Crippen LogP contribution in [-0.4, -0.2) is 38.7 Å². The van der Waals surface area contributed by atoms with Gasteiger partial charge in [0.05, 0.1) is 13.0 Å². The molecule has 0 aliphatic rings. The quantitative estimate of drug-likeness (QED) is 0.554. The van der Waals surface area contributed by atoms with E-state index in [4.69, 9.17) is 5.73 Å². The number of nitrogens with two attached hydrogens (primary N) is 1. The first kappa shape index (κ1) is 18.7. The van der Waals surface area contributed by atoms with E-state index < -0.39 is 0 Å². The molecule has 6 heteroatoms. The molecule has 0 heterocycles. The molecule has 0 spiro atoms. The van der Waals surface area contributed by atoms with Gasteiger partial charge in [-0.05, 0) is 31.2 Å². The molecule has 0 fully saturated rings. The van der Waals surface area contributed by atoms with Crippen molar-refractivity contribution in [3.8, 4) is 0 Å². The van der Waals surface area contributed by atoms with Crippen molar-refractivity contribution >= 4 is 12.0 Å². The lowest BCUT2D eigenvalue weighted by Gasteiger charge is -2.16. The summed E-state index contributed by atoms with van der Waals surface area (Å²) in [6, 6.07) is -0.250. The van der Waals surface area contributed by atoms with Gasteiger partial charge in [0.1, 0.15) is 0 Å². The first-order valence-electron chi connectivity index (χ1n) is 7.20. The summed E-state index contributed by atoms with van der Waals surface area (Å²) in [7, 11) is 1.34. The minimum atomic E-state index is -0.338. The molecule has 0 radical (unpaired) electrons. The van der Waals surface area contributed by atoms with Gasteiger partial charge in [0, 0.05) is 13.1 Å². The SMILES string of the molecule is COC(=O)[C@@H](C)CNC(=O)NCCC(C)CC(C)CN. The predicted octanol–water partition coefficient (Wildman–Crippen LogP) is 1.11. The molecule has 0 rings (SSSR count). The predicted molar refractivity (Wildman–Crippen MR) is 79.2 cm³/mol. The average molecular weight is 287 g/mol. The van der Waals surface area contributed by atoms with Crippen LogP contribution in [0.4, 0.5) is 4.79 Å². The summed E-state index contributed by atoms with van der Waals surface area (Å²) in [6.45, 7) is 7.59. The van der Waals surface area contributed by atoms with Crippen LogP contribution in [0.25, 0.3) is 0 Å². The number of hydrogen-bond acceptors (Lipinski definition) is 4. The van der Waals surface area contributed by atoms with E-state index in [1.165, 1.54) is 7.11 Å². The Morgan fingerprint density at radius 2 is 1.80 bits per heavy atom. The van der Waals surface area contributed by atoms with Crippen molar-refractivity contribution in [3.63, 3.8) is 0 Å². The summed E-state index contributed by atoms with van der Waals surface area (Å²) in [5.74, 6) is 0.382. The van der Waals surface area contributed by atoms with Crippen LogP contribution in [0, 0.1) is 17.8 Å². The molecule has 0 aromatic carbocycles. The second-order valence-electron chi connectivity index (χ2n) is 5.53. The van der Waals surface area contributed by atoms with E-state index in [0.717, 1.165) is 12.8 Å². The summed E-state index contributed by atoms with van der Waals surface area (Å²) >= 11 is 0. The molecule has 6 nitrogen and oxygen atoms in total. The zero-order valence-electron chi connectivity index (χ0n) is 13.1. The van der Waals surface area contributed by atoms with Crippen LogP contribution in [0.15, 0.2) is 0 Å². The number of esters is 1. The molecule has 0 aromatic rings. The number of rotatable bonds is 9. The molecule has 0 aliphatic heterocycles. The van der Waals surface area contributed by atoms with Crippen LogP contribution >= 0.6 is 0 Å². The Balaban J connectivity index is 3.71. The Hall–Kier alpha value is -1.30. The molecular formula is C14H29N3O3. The van der Waals surface area contributed by atoms with Gasteiger partial charge in [-0.1, -0.05) is 20.8 Å². The smallest absolute Gasteiger partial charge is 0.314 e.